The van der Waals surface area contributed by atoms with Crippen LogP contribution in [0.3, 0.4) is 0 Å². The van der Waals surface area contributed by atoms with Crippen molar-refractivity contribution in [3.63, 3.8) is 0 Å². The van der Waals surface area contributed by atoms with Crippen LogP contribution in [0, 0.1) is 6.92 Å². The molecule has 0 amide bonds. The van der Waals surface area contributed by atoms with Gasteiger partial charge in [-0.3, -0.25) is 4.79 Å². The molecule has 0 unspecified atom stereocenters. The molecule has 0 aliphatic rings. The molecule has 1 N–H and O–H groups in total. The Morgan fingerprint density at radius 3 is 2.80 bits per heavy atom. The fraction of sp³-hybridized carbons (Fsp3) is 0.231. The third-order valence-corrected chi connectivity index (χ3v) is 2.52. The molecule has 0 saturated carbocycles. The molecule has 104 valence electrons. The Morgan fingerprint density at radius 1 is 1.45 bits per heavy atom. The highest BCUT2D eigenvalue weighted by atomic mass is 16.5. The highest BCUT2D eigenvalue weighted by Gasteiger charge is 2.17. The zero-order chi connectivity index (χ0) is 14.5. The highest BCUT2D eigenvalue weighted by molar-refractivity contribution is 5.86. The van der Waals surface area contributed by atoms with Crippen molar-refractivity contribution >= 4 is 12.2 Å². The van der Waals surface area contributed by atoms with E-state index in [9.17, 15) is 9.59 Å². The number of rotatable bonds is 4. The van der Waals surface area contributed by atoms with Crippen molar-refractivity contribution in [1.29, 1.82) is 0 Å². The fourth-order valence-electron chi connectivity index (χ4n) is 1.48. The maximum Gasteiger partial charge on any atom is 0.364 e. The molecule has 1 aromatic heterocycles. The average molecular weight is 274 g/mol. The van der Waals surface area contributed by atoms with E-state index in [1.165, 1.54) is 6.21 Å². The van der Waals surface area contributed by atoms with Gasteiger partial charge in [0.2, 0.25) is 5.69 Å². The van der Waals surface area contributed by atoms with Crippen LogP contribution in [-0.2, 0) is 4.74 Å². The Kier molecular flexibility index (Phi) is 4.09. The first-order valence-electron chi connectivity index (χ1n) is 6.07. The van der Waals surface area contributed by atoms with E-state index in [2.05, 4.69) is 15.4 Å². The number of aromatic nitrogens is 3. The number of ether oxygens (including phenoxy) is 1. The molecular formula is C13H14N4O3. The van der Waals surface area contributed by atoms with Gasteiger partial charge < -0.3 is 4.74 Å². The van der Waals surface area contributed by atoms with Crippen molar-refractivity contribution in [3.8, 4) is 0 Å². The second kappa shape index (κ2) is 5.96. The Hall–Kier alpha value is -2.70. The maximum absolute atomic E-state index is 11.8. The molecule has 0 aliphatic carbocycles. The van der Waals surface area contributed by atoms with Crippen LogP contribution in [0.15, 0.2) is 34.2 Å². The van der Waals surface area contributed by atoms with E-state index in [4.69, 9.17) is 4.74 Å². The van der Waals surface area contributed by atoms with Gasteiger partial charge in [0.25, 0.3) is 0 Å². The number of hydrogen-bond donors (Lipinski definition) is 1. The third kappa shape index (κ3) is 3.00. The van der Waals surface area contributed by atoms with Crippen molar-refractivity contribution < 1.29 is 9.53 Å². The largest absolute Gasteiger partial charge is 0.461 e. The first-order chi connectivity index (χ1) is 9.61. The molecule has 7 heteroatoms. The summed E-state index contributed by atoms with van der Waals surface area (Å²) in [7, 11) is 0. The first kappa shape index (κ1) is 13.7. The maximum atomic E-state index is 11.8. The number of H-pyrrole nitrogens is 1. The predicted octanol–water partition coefficient (Wildman–Crippen LogP) is 0.939. The highest BCUT2D eigenvalue weighted by Crippen LogP contribution is 2.00. The van der Waals surface area contributed by atoms with Gasteiger partial charge in [-0.05, 0) is 19.4 Å². The zero-order valence-electron chi connectivity index (χ0n) is 11.2. The third-order valence-electron chi connectivity index (χ3n) is 2.52. The van der Waals surface area contributed by atoms with Crippen LogP contribution in [0.25, 0.3) is 0 Å². The number of hydrogen-bond acceptors (Lipinski definition) is 5. The van der Waals surface area contributed by atoms with Crippen LogP contribution in [-0.4, -0.2) is 33.9 Å². The summed E-state index contributed by atoms with van der Waals surface area (Å²) < 4.78 is 4.71. The molecule has 0 atom stereocenters. The summed E-state index contributed by atoms with van der Waals surface area (Å²) in [5.74, 6) is -0.766. The smallest absolute Gasteiger partial charge is 0.364 e. The number of aryl methyl sites for hydroxylation is 1. The molecule has 20 heavy (non-hydrogen) atoms. The predicted molar refractivity (Wildman–Crippen MR) is 73.0 cm³/mol. The molecular weight excluding hydrogens is 260 g/mol. The van der Waals surface area contributed by atoms with E-state index in [0.717, 1.165) is 15.9 Å². The summed E-state index contributed by atoms with van der Waals surface area (Å²) in [6, 6.07) is 7.60. The summed E-state index contributed by atoms with van der Waals surface area (Å²) in [6.07, 6.45) is 1.49. The van der Waals surface area contributed by atoms with Gasteiger partial charge in [0, 0.05) is 0 Å². The fourth-order valence-corrected chi connectivity index (χ4v) is 1.48. The molecule has 0 spiro atoms. The minimum Gasteiger partial charge on any atom is -0.461 e. The lowest BCUT2D eigenvalue weighted by atomic mass is 10.2. The lowest BCUT2D eigenvalue weighted by Gasteiger charge is -1.94. The average Bonchev–Trinajstić information content (AvgIpc) is 2.80. The Bertz CT molecular complexity index is 682. The number of nitrogens with one attached hydrogen (secondary N) is 1. The molecule has 0 aliphatic heterocycles. The van der Waals surface area contributed by atoms with E-state index in [0.29, 0.717) is 0 Å². The summed E-state index contributed by atoms with van der Waals surface area (Å²) in [5.41, 5.74) is 1.000. The van der Waals surface area contributed by atoms with Gasteiger partial charge in [-0.25, -0.2) is 4.79 Å². The minimum atomic E-state index is -0.766. The zero-order valence-corrected chi connectivity index (χ0v) is 11.2. The molecule has 0 fully saturated rings. The summed E-state index contributed by atoms with van der Waals surface area (Å²) in [5, 5.41) is 9.87. The summed E-state index contributed by atoms with van der Waals surface area (Å²) in [4.78, 5) is 24.1. The van der Waals surface area contributed by atoms with Crippen molar-refractivity contribution in [3.05, 3.63) is 51.4 Å². The molecule has 2 rings (SSSR count). The quantitative estimate of drug-likeness (QED) is 0.663. The molecule has 0 radical (unpaired) electrons. The topological polar surface area (TPSA) is 89.3 Å². The Balaban J connectivity index is 2.20. The number of nitrogens with zero attached hydrogens (tertiary/aromatic N) is 3. The molecule has 7 nitrogen and oxygen atoms in total. The molecule has 0 bridgehead atoms. The van der Waals surface area contributed by atoms with Gasteiger partial charge in [-0.1, -0.05) is 29.8 Å². The van der Waals surface area contributed by atoms with Gasteiger partial charge >= 0.3 is 11.5 Å². The second-order valence-electron chi connectivity index (χ2n) is 4.05. The molecule has 0 saturated heterocycles. The monoisotopic (exact) mass is 274 g/mol. The van der Waals surface area contributed by atoms with Crippen molar-refractivity contribution in [2.45, 2.75) is 13.8 Å². The van der Waals surface area contributed by atoms with Crippen LogP contribution in [0.5, 0.6) is 0 Å². The second-order valence-corrected chi connectivity index (χ2v) is 4.05. The van der Waals surface area contributed by atoms with Gasteiger partial charge in [-0.15, -0.1) is 9.89 Å². The van der Waals surface area contributed by atoms with Gasteiger partial charge in [-0.2, -0.15) is 10.3 Å². The van der Waals surface area contributed by atoms with Crippen LogP contribution < -0.4 is 5.56 Å². The van der Waals surface area contributed by atoms with E-state index >= 15 is 0 Å². The number of carbonyl (C=O) groups excluding carboxylic acids is 1. The van der Waals surface area contributed by atoms with E-state index in [1.54, 1.807) is 6.92 Å². The van der Waals surface area contributed by atoms with E-state index in [-0.39, 0.29) is 12.3 Å². The van der Waals surface area contributed by atoms with Crippen LogP contribution in [0.2, 0.25) is 0 Å². The van der Waals surface area contributed by atoms with E-state index in [1.807, 2.05) is 31.2 Å². The normalized spacial score (nSPS) is 10.9. The van der Waals surface area contributed by atoms with E-state index < -0.39 is 11.5 Å². The van der Waals surface area contributed by atoms with Crippen LogP contribution >= 0.6 is 0 Å². The number of aromatic amines is 1. The Morgan fingerprint density at radius 2 is 2.15 bits per heavy atom. The number of benzene rings is 1. The Labute approximate surface area is 114 Å². The first-order valence-corrected chi connectivity index (χ1v) is 6.07. The molecule has 1 aromatic carbocycles. The standard InChI is InChI=1S/C13H14N4O3/c1-3-20-13(19)11-12(18)17(16-15-11)14-8-10-6-4-9(2)5-7-10/h4-8,16H,3H2,1-2H3/b14-8-. The van der Waals surface area contributed by atoms with Gasteiger partial charge in [0.05, 0.1) is 12.8 Å². The van der Waals surface area contributed by atoms with Crippen molar-refractivity contribution in [1.82, 2.24) is 15.1 Å². The summed E-state index contributed by atoms with van der Waals surface area (Å²) >= 11 is 0. The molecule has 1 heterocycles. The van der Waals surface area contributed by atoms with Crippen molar-refractivity contribution in [2.75, 3.05) is 6.61 Å². The minimum absolute atomic E-state index is 0.178. The van der Waals surface area contributed by atoms with Crippen LogP contribution in [0.1, 0.15) is 28.5 Å². The SMILES string of the molecule is CCOC(=O)c1n[nH]n(/N=C\c2ccc(C)cc2)c1=O. The van der Waals surface area contributed by atoms with Crippen molar-refractivity contribution in [2.24, 2.45) is 5.10 Å². The van der Waals surface area contributed by atoms with Crippen LogP contribution in [0.4, 0.5) is 0 Å². The summed E-state index contributed by atoms with van der Waals surface area (Å²) in [6.45, 7) is 3.81. The number of esters is 1. The lowest BCUT2D eigenvalue weighted by molar-refractivity contribution is 0.0517. The lowest BCUT2D eigenvalue weighted by Crippen LogP contribution is -2.20. The molecule has 2 aromatic rings. The number of carbonyl (C=O) groups is 1. The van der Waals surface area contributed by atoms with Gasteiger partial charge in [0.15, 0.2) is 0 Å². The van der Waals surface area contributed by atoms with Gasteiger partial charge in [0.1, 0.15) is 0 Å².